The summed E-state index contributed by atoms with van der Waals surface area (Å²) in [5.74, 6) is 1.10. The topological polar surface area (TPSA) is 39.1 Å². The first-order valence-corrected chi connectivity index (χ1v) is 8.01. The molecule has 0 aromatic carbocycles. The van der Waals surface area contributed by atoms with E-state index in [1.807, 2.05) is 6.20 Å². The van der Waals surface area contributed by atoms with Crippen molar-refractivity contribution in [2.75, 3.05) is 13.2 Å². The Bertz CT molecular complexity index is 378. The number of rotatable bonds is 10. The molecule has 0 aliphatic rings. The van der Waals surface area contributed by atoms with Gasteiger partial charge >= 0.3 is 0 Å². The van der Waals surface area contributed by atoms with E-state index in [1.54, 1.807) is 0 Å². The van der Waals surface area contributed by atoms with Gasteiger partial charge in [-0.15, -0.1) is 0 Å². The average molecular weight is 281 g/mol. The monoisotopic (exact) mass is 281 g/mol. The molecular formula is C16H31N3O. The van der Waals surface area contributed by atoms with Crippen LogP contribution in [0.4, 0.5) is 0 Å². The van der Waals surface area contributed by atoms with E-state index < -0.39 is 0 Å². The molecule has 0 amide bonds. The molecule has 0 saturated carbocycles. The van der Waals surface area contributed by atoms with E-state index in [1.165, 1.54) is 0 Å². The van der Waals surface area contributed by atoms with Crippen molar-refractivity contribution in [1.82, 2.24) is 14.9 Å². The summed E-state index contributed by atoms with van der Waals surface area (Å²) >= 11 is 0. The van der Waals surface area contributed by atoms with Crippen LogP contribution in [0.15, 0.2) is 12.4 Å². The van der Waals surface area contributed by atoms with Crippen molar-refractivity contribution in [3.63, 3.8) is 0 Å². The molecule has 0 radical (unpaired) electrons. The fourth-order valence-electron chi connectivity index (χ4n) is 2.60. The molecule has 0 aliphatic carbocycles. The van der Waals surface area contributed by atoms with Gasteiger partial charge in [-0.3, -0.25) is 0 Å². The lowest BCUT2D eigenvalue weighted by Crippen LogP contribution is -2.45. The molecule has 2 unspecified atom stereocenters. The van der Waals surface area contributed by atoms with Crippen LogP contribution in [0.25, 0.3) is 0 Å². The standard InChI is InChI=1S/C16H31N3O/c1-6-10-17-14(16(5,8-3)20-9-4)15-18-11-13-19(15)12-7-2/h11,13-14,17H,6-10,12H2,1-5H3. The molecule has 0 fully saturated rings. The Kier molecular flexibility index (Phi) is 7.24. The van der Waals surface area contributed by atoms with Gasteiger partial charge in [-0.2, -0.15) is 0 Å². The molecule has 1 heterocycles. The fourth-order valence-corrected chi connectivity index (χ4v) is 2.60. The third-order valence-electron chi connectivity index (χ3n) is 3.86. The number of nitrogens with one attached hydrogen (secondary N) is 1. The van der Waals surface area contributed by atoms with Gasteiger partial charge in [-0.05, 0) is 39.7 Å². The highest BCUT2D eigenvalue weighted by molar-refractivity contribution is 5.07. The Labute approximate surface area is 123 Å². The van der Waals surface area contributed by atoms with Gasteiger partial charge in [0, 0.05) is 25.5 Å². The van der Waals surface area contributed by atoms with Crippen LogP contribution in [0.5, 0.6) is 0 Å². The molecule has 4 heteroatoms. The van der Waals surface area contributed by atoms with Crippen LogP contribution in [-0.4, -0.2) is 28.3 Å². The minimum Gasteiger partial charge on any atom is -0.373 e. The smallest absolute Gasteiger partial charge is 0.128 e. The normalized spacial score (nSPS) is 16.1. The lowest BCUT2D eigenvalue weighted by atomic mass is 9.92. The van der Waals surface area contributed by atoms with Gasteiger partial charge in [0.05, 0.1) is 11.6 Å². The van der Waals surface area contributed by atoms with Gasteiger partial charge in [-0.1, -0.05) is 20.8 Å². The summed E-state index contributed by atoms with van der Waals surface area (Å²) in [5.41, 5.74) is -0.221. The molecule has 1 aromatic rings. The molecule has 20 heavy (non-hydrogen) atoms. The van der Waals surface area contributed by atoms with Gasteiger partial charge in [-0.25, -0.2) is 4.98 Å². The summed E-state index contributed by atoms with van der Waals surface area (Å²) in [4.78, 5) is 4.60. The van der Waals surface area contributed by atoms with E-state index in [9.17, 15) is 0 Å². The van der Waals surface area contributed by atoms with Crippen LogP contribution < -0.4 is 5.32 Å². The number of imidazole rings is 1. The Balaban J connectivity index is 3.06. The second-order valence-electron chi connectivity index (χ2n) is 5.47. The maximum atomic E-state index is 6.08. The van der Waals surface area contributed by atoms with E-state index >= 15 is 0 Å². The van der Waals surface area contributed by atoms with Crippen LogP contribution in [0.3, 0.4) is 0 Å². The third-order valence-corrected chi connectivity index (χ3v) is 3.86. The summed E-state index contributed by atoms with van der Waals surface area (Å²) in [6.45, 7) is 13.5. The number of nitrogens with zero attached hydrogens (tertiary/aromatic N) is 2. The predicted octanol–water partition coefficient (Wildman–Crippen LogP) is 3.54. The Morgan fingerprint density at radius 1 is 1.30 bits per heavy atom. The molecule has 0 saturated heterocycles. The van der Waals surface area contributed by atoms with E-state index in [-0.39, 0.29) is 11.6 Å². The first kappa shape index (κ1) is 17.2. The van der Waals surface area contributed by atoms with Crippen LogP contribution in [0.1, 0.15) is 65.7 Å². The van der Waals surface area contributed by atoms with E-state index in [2.05, 4.69) is 55.7 Å². The molecular weight excluding hydrogens is 250 g/mol. The Morgan fingerprint density at radius 3 is 2.60 bits per heavy atom. The van der Waals surface area contributed by atoms with Crippen LogP contribution >= 0.6 is 0 Å². The summed E-state index contributed by atoms with van der Waals surface area (Å²) in [6.07, 6.45) is 7.15. The molecule has 1 N–H and O–H groups in total. The molecule has 1 rings (SSSR count). The van der Waals surface area contributed by atoms with Crippen molar-refractivity contribution < 1.29 is 4.74 Å². The zero-order chi connectivity index (χ0) is 15.0. The van der Waals surface area contributed by atoms with Crippen molar-refractivity contribution in [2.24, 2.45) is 0 Å². The van der Waals surface area contributed by atoms with Crippen molar-refractivity contribution in [3.05, 3.63) is 18.2 Å². The minimum absolute atomic E-state index is 0.133. The zero-order valence-corrected chi connectivity index (χ0v) is 13.8. The van der Waals surface area contributed by atoms with E-state index in [0.29, 0.717) is 0 Å². The molecule has 0 bridgehead atoms. The summed E-state index contributed by atoms with van der Waals surface area (Å²) < 4.78 is 8.33. The second-order valence-corrected chi connectivity index (χ2v) is 5.47. The molecule has 4 nitrogen and oxygen atoms in total. The van der Waals surface area contributed by atoms with E-state index in [4.69, 9.17) is 4.74 Å². The van der Waals surface area contributed by atoms with Gasteiger partial charge in [0.25, 0.3) is 0 Å². The average Bonchev–Trinajstić information content (AvgIpc) is 2.88. The molecule has 0 spiro atoms. The molecule has 2 atom stereocenters. The van der Waals surface area contributed by atoms with Gasteiger partial charge in [0.1, 0.15) is 5.82 Å². The van der Waals surface area contributed by atoms with Crippen molar-refractivity contribution in [2.45, 2.75) is 72.1 Å². The third kappa shape index (κ3) is 4.06. The number of ether oxygens (including phenoxy) is 1. The van der Waals surface area contributed by atoms with Crippen LogP contribution in [-0.2, 0) is 11.3 Å². The largest absolute Gasteiger partial charge is 0.373 e. The second kappa shape index (κ2) is 8.42. The Morgan fingerprint density at radius 2 is 2.05 bits per heavy atom. The van der Waals surface area contributed by atoms with E-state index in [0.717, 1.165) is 44.8 Å². The highest BCUT2D eigenvalue weighted by Crippen LogP contribution is 2.31. The first-order valence-electron chi connectivity index (χ1n) is 8.01. The Hall–Kier alpha value is -0.870. The number of aromatic nitrogens is 2. The molecule has 116 valence electrons. The van der Waals surface area contributed by atoms with Gasteiger partial charge < -0.3 is 14.6 Å². The van der Waals surface area contributed by atoms with Crippen LogP contribution in [0.2, 0.25) is 0 Å². The first-order chi connectivity index (χ1) is 9.62. The highest BCUT2D eigenvalue weighted by Gasteiger charge is 2.36. The maximum Gasteiger partial charge on any atom is 0.128 e. The lowest BCUT2D eigenvalue weighted by molar-refractivity contribution is -0.0590. The lowest BCUT2D eigenvalue weighted by Gasteiger charge is -2.37. The van der Waals surface area contributed by atoms with Crippen molar-refractivity contribution in [3.8, 4) is 0 Å². The SMILES string of the molecule is CCCNC(c1nccn1CCC)C(C)(CC)OCC. The van der Waals surface area contributed by atoms with Gasteiger partial charge in [0.15, 0.2) is 0 Å². The van der Waals surface area contributed by atoms with Crippen molar-refractivity contribution in [1.29, 1.82) is 0 Å². The van der Waals surface area contributed by atoms with Crippen molar-refractivity contribution >= 4 is 0 Å². The molecule has 1 aromatic heterocycles. The zero-order valence-electron chi connectivity index (χ0n) is 13.8. The fraction of sp³-hybridized carbons (Fsp3) is 0.812. The summed E-state index contributed by atoms with van der Waals surface area (Å²) in [6, 6.07) is 0.133. The summed E-state index contributed by atoms with van der Waals surface area (Å²) in [7, 11) is 0. The molecule has 0 aliphatic heterocycles. The summed E-state index contributed by atoms with van der Waals surface area (Å²) in [5, 5.41) is 3.64. The van der Waals surface area contributed by atoms with Crippen LogP contribution in [0, 0.1) is 0 Å². The minimum atomic E-state index is -0.221. The number of hydrogen-bond acceptors (Lipinski definition) is 3. The maximum absolute atomic E-state index is 6.08. The predicted molar refractivity (Wildman–Crippen MR) is 83.9 cm³/mol. The number of hydrogen-bond donors (Lipinski definition) is 1. The van der Waals surface area contributed by atoms with Gasteiger partial charge in [0.2, 0.25) is 0 Å². The highest BCUT2D eigenvalue weighted by atomic mass is 16.5. The quantitative estimate of drug-likeness (QED) is 0.713. The number of aryl methyl sites for hydroxylation is 1.